The van der Waals surface area contributed by atoms with Crippen LogP contribution in [0, 0.1) is 13.8 Å². The lowest BCUT2D eigenvalue weighted by Gasteiger charge is -2.26. The maximum Gasteiger partial charge on any atom is 0.0541 e. The van der Waals surface area contributed by atoms with Gasteiger partial charge in [-0.25, -0.2) is 0 Å². The van der Waals surface area contributed by atoms with E-state index in [0.717, 1.165) is 38.6 Å². The molecule has 100 valence electrons. The Bertz CT molecular complexity index is 381. The van der Waals surface area contributed by atoms with E-state index < -0.39 is 0 Å². The van der Waals surface area contributed by atoms with E-state index in [2.05, 4.69) is 37.4 Å². The SMILES string of the molecule is Cc1ccc(C)c(CCNC2CCC(O)CC2)c1. The zero-order chi connectivity index (χ0) is 13.0. The van der Waals surface area contributed by atoms with Crippen molar-refractivity contribution in [1.29, 1.82) is 0 Å². The minimum absolute atomic E-state index is 0.0536. The summed E-state index contributed by atoms with van der Waals surface area (Å²) in [4.78, 5) is 0. The molecule has 2 rings (SSSR count). The highest BCUT2D eigenvalue weighted by Gasteiger charge is 2.18. The van der Waals surface area contributed by atoms with Crippen LogP contribution in [0.3, 0.4) is 0 Å². The van der Waals surface area contributed by atoms with E-state index in [-0.39, 0.29) is 6.10 Å². The summed E-state index contributed by atoms with van der Waals surface area (Å²) in [6.45, 7) is 5.38. The van der Waals surface area contributed by atoms with Crippen molar-refractivity contribution < 1.29 is 5.11 Å². The summed E-state index contributed by atoms with van der Waals surface area (Å²) < 4.78 is 0. The lowest BCUT2D eigenvalue weighted by molar-refractivity contribution is 0.117. The Balaban J connectivity index is 1.76. The smallest absolute Gasteiger partial charge is 0.0541 e. The standard InChI is InChI=1S/C16H25NO/c1-12-3-4-13(2)14(11-12)9-10-17-15-5-7-16(18)8-6-15/h3-4,11,15-18H,5-10H2,1-2H3. The minimum Gasteiger partial charge on any atom is -0.393 e. The molecule has 1 aromatic rings. The topological polar surface area (TPSA) is 32.3 Å². The zero-order valence-corrected chi connectivity index (χ0v) is 11.6. The first kappa shape index (κ1) is 13.6. The maximum absolute atomic E-state index is 9.47. The van der Waals surface area contributed by atoms with E-state index in [4.69, 9.17) is 0 Å². The first-order chi connectivity index (χ1) is 8.65. The highest BCUT2D eigenvalue weighted by atomic mass is 16.3. The normalized spacial score (nSPS) is 24.2. The van der Waals surface area contributed by atoms with Gasteiger partial charge in [-0.3, -0.25) is 0 Å². The van der Waals surface area contributed by atoms with Gasteiger partial charge in [-0.1, -0.05) is 23.8 Å². The number of hydrogen-bond donors (Lipinski definition) is 2. The Morgan fingerprint density at radius 1 is 1.17 bits per heavy atom. The molecule has 0 atom stereocenters. The second-order valence-electron chi connectivity index (χ2n) is 5.64. The third kappa shape index (κ3) is 3.82. The second-order valence-corrected chi connectivity index (χ2v) is 5.64. The fourth-order valence-corrected chi connectivity index (χ4v) is 2.76. The molecular formula is C16H25NO. The summed E-state index contributed by atoms with van der Waals surface area (Å²) in [5, 5.41) is 13.1. The van der Waals surface area contributed by atoms with Gasteiger partial charge in [0.2, 0.25) is 0 Å². The van der Waals surface area contributed by atoms with Crippen molar-refractivity contribution in [2.45, 2.75) is 58.1 Å². The van der Waals surface area contributed by atoms with Crippen LogP contribution in [0.4, 0.5) is 0 Å². The van der Waals surface area contributed by atoms with Crippen LogP contribution in [0.5, 0.6) is 0 Å². The number of nitrogens with one attached hydrogen (secondary N) is 1. The van der Waals surface area contributed by atoms with Gasteiger partial charge in [-0.05, 0) is 63.6 Å². The Labute approximate surface area is 110 Å². The highest BCUT2D eigenvalue weighted by Crippen LogP contribution is 2.18. The van der Waals surface area contributed by atoms with Crippen molar-refractivity contribution in [3.05, 3.63) is 34.9 Å². The van der Waals surface area contributed by atoms with Crippen molar-refractivity contribution in [3.8, 4) is 0 Å². The van der Waals surface area contributed by atoms with E-state index >= 15 is 0 Å². The van der Waals surface area contributed by atoms with Gasteiger partial charge in [0.05, 0.1) is 6.10 Å². The number of aliphatic hydroxyl groups excluding tert-OH is 1. The van der Waals surface area contributed by atoms with Gasteiger partial charge in [0.1, 0.15) is 0 Å². The number of hydrogen-bond acceptors (Lipinski definition) is 2. The second kappa shape index (κ2) is 6.35. The van der Waals surface area contributed by atoms with Crippen LogP contribution in [-0.4, -0.2) is 23.8 Å². The molecule has 0 spiro atoms. The van der Waals surface area contributed by atoms with Crippen LogP contribution in [0.25, 0.3) is 0 Å². The molecule has 2 nitrogen and oxygen atoms in total. The zero-order valence-electron chi connectivity index (χ0n) is 11.6. The molecule has 0 amide bonds. The molecule has 0 aromatic heterocycles. The van der Waals surface area contributed by atoms with Crippen LogP contribution < -0.4 is 5.32 Å². The summed E-state index contributed by atoms with van der Waals surface area (Å²) in [6.07, 6.45) is 5.21. The quantitative estimate of drug-likeness (QED) is 0.857. The number of rotatable bonds is 4. The van der Waals surface area contributed by atoms with Crippen molar-refractivity contribution in [1.82, 2.24) is 5.32 Å². The van der Waals surface area contributed by atoms with Gasteiger partial charge >= 0.3 is 0 Å². The Hall–Kier alpha value is -0.860. The summed E-state index contributed by atoms with van der Waals surface area (Å²) in [6, 6.07) is 7.29. The average Bonchev–Trinajstić information content (AvgIpc) is 2.36. The van der Waals surface area contributed by atoms with E-state index in [1.165, 1.54) is 16.7 Å². The molecule has 0 saturated heterocycles. The first-order valence-corrected chi connectivity index (χ1v) is 7.13. The van der Waals surface area contributed by atoms with Crippen molar-refractivity contribution in [3.63, 3.8) is 0 Å². The lowest BCUT2D eigenvalue weighted by atomic mass is 9.93. The molecule has 0 radical (unpaired) electrons. The van der Waals surface area contributed by atoms with E-state index in [0.29, 0.717) is 6.04 Å². The van der Waals surface area contributed by atoms with Crippen LogP contribution in [0.2, 0.25) is 0 Å². The molecular weight excluding hydrogens is 222 g/mol. The number of benzene rings is 1. The van der Waals surface area contributed by atoms with Gasteiger partial charge in [-0.15, -0.1) is 0 Å². The van der Waals surface area contributed by atoms with Crippen molar-refractivity contribution in [2.24, 2.45) is 0 Å². The van der Waals surface area contributed by atoms with Crippen LogP contribution in [-0.2, 0) is 6.42 Å². The fraction of sp³-hybridized carbons (Fsp3) is 0.625. The van der Waals surface area contributed by atoms with Crippen LogP contribution >= 0.6 is 0 Å². The fourth-order valence-electron chi connectivity index (χ4n) is 2.76. The third-order valence-electron chi connectivity index (χ3n) is 4.03. The summed E-state index contributed by atoms with van der Waals surface area (Å²) in [5.74, 6) is 0. The van der Waals surface area contributed by atoms with Crippen LogP contribution in [0.1, 0.15) is 42.4 Å². The minimum atomic E-state index is -0.0536. The highest BCUT2D eigenvalue weighted by molar-refractivity contribution is 5.30. The molecule has 2 heteroatoms. The van der Waals surface area contributed by atoms with Gasteiger partial charge in [-0.2, -0.15) is 0 Å². The molecule has 1 aromatic carbocycles. The predicted octanol–water partition coefficient (Wildman–Crippen LogP) is 2.74. The summed E-state index contributed by atoms with van der Waals surface area (Å²) in [7, 11) is 0. The molecule has 2 N–H and O–H groups in total. The number of aliphatic hydroxyl groups is 1. The Morgan fingerprint density at radius 3 is 2.61 bits per heavy atom. The monoisotopic (exact) mass is 247 g/mol. The molecule has 1 aliphatic rings. The van der Waals surface area contributed by atoms with E-state index in [9.17, 15) is 5.11 Å². The van der Waals surface area contributed by atoms with Crippen LogP contribution in [0.15, 0.2) is 18.2 Å². The Morgan fingerprint density at radius 2 is 1.89 bits per heavy atom. The molecule has 18 heavy (non-hydrogen) atoms. The molecule has 1 saturated carbocycles. The van der Waals surface area contributed by atoms with Gasteiger partial charge in [0, 0.05) is 6.04 Å². The van der Waals surface area contributed by atoms with E-state index in [1.54, 1.807) is 0 Å². The molecule has 1 aliphatic carbocycles. The van der Waals surface area contributed by atoms with Gasteiger partial charge in [0.15, 0.2) is 0 Å². The first-order valence-electron chi connectivity index (χ1n) is 7.13. The molecule has 0 bridgehead atoms. The van der Waals surface area contributed by atoms with E-state index in [1.807, 2.05) is 0 Å². The summed E-state index contributed by atoms with van der Waals surface area (Å²) in [5.41, 5.74) is 4.19. The molecule has 0 heterocycles. The summed E-state index contributed by atoms with van der Waals surface area (Å²) >= 11 is 0. The molecule has 0 aliphatic heterocycles. The van der Waals surface area contributed by atoms with Crippen molar-refractivity contribution in [2.75, 3.05) is 6.54 Å². The lowest BCUT2D eigenvalue weighted by Crippen LogP contribution is -2.35. The van der Waals surface area contributed by atoms with Crippen molar-refractivity contribution >= 4 is 0 Å². The molecule has 0 unspecified atom stereocenters. The molecule has 1 fully saturated rings. The average molecular weight is 247 g/mol. The predicted molar refractivity (Wildman–Crippen MR) is 75.9 cm³/mol. The Kier molecular flexibility index (Phi) is 4.79. The van der Waals surface area contributed by atoms with Gasteiger partial charge in [0.25, 0.3) is 0 Å². The van der Waals surface area contributed by atoms with Gasteiger partial charge < -0.3 is 10.4 Å². The number of aryl methyl sites for hydroxylation is 2. The third-order valence-corrected chi connectivity index (χ3v) is 4.03. The largest absolute Gasteiger partial charge is 0.393 e. The maximum atomic E-state index is 9.47.